The number of amides is 1. The van der Waals surface area contributed by atoms with Crippen molar-refractivity contribution in [3.63, 3.8) is 0 Å². The molecule has 0 aromatic carbocycles. The predicted octanol–water partition coefficient (Wildman–Crippen LogP) is 3.55. The molecule has 1 aliphatic rings. The van der Waals surface area contributed by atoms with Crippen LogP contribution in [0.1, 0.15) is 32.0 Å². The van der Waals surface area contributed by atoms with Crippen molar-refractivity contribution >= 4 is 23.4 Å². The average molecular weight is 479 g/mol. The minimum absolute atomic E-state index is 0.0164. The van der Waals surface area contributed by atoms with E-state index < -0.39 is 29.5 Å². The minimum Gasteiger partial charge on any atom is -0.444 e. The number of carbonyl (C=O) groups excluding carboxylic acids is 1. The van der Waals surface area contributed by atoms with E-state index in [4.69, 9.17) is 14.7 Å². The lowest BCUT2D eigenvalue weighted by Crippen LogP contribution is -2.49. The normalized spacial score (nSPS) is 16.5. The first-order valence-corrected chi connectivity index (χ1v) is 10.3. The molecule has 13 heteroatoms. The fourth-order valence-electron chi connectivity index (χ4n) is 3.04. The molecule has 0 unspecified atom stereocenters. The number of anilines is 3. The molecule has 3 rings (SSSR count). The second-order valence-electron chi connectivity index (χ2n) is 8.44. The summed E-state index contributed by atoms with van der Waals surface area (Å²) in [5.41, 5.74) is -1.74. The summed E-state index contributed by atoms with van der Waals surface area (Å²) in [7, 11) is 0. The Labute approximate surface area is 194 Å². The van der Waals surface area contributed by atoms with Gasteiger partial charge in [-0.25, -0.2) is 19.7 Å². The second-order valence-corrected chi connectivity index (χ2v) is 8.44. The Morgan fingerprint density at radius 1 is 1.24 bits per heavy atom. The molecule has 0 spiro atoms. The smallest absolute Gasteiger partial charge is 0.419 e. The van der Waals surface area contributed by atoms with Crippen LogP contribution in [0.15, 0.2) is 24.7 Å². The Morgan fingerprint density at radius 3 is 2.59 bits per heavy atom. The number of hydrogen-bond acceptors (Lipinski definition) is 9. The number of carbonyl (C=O) groups is 1. The van der Waals surface area contributed by atoms with Crippen LogP contribution < -0.4 is 10.6 Å². The van der Waals surface area contributed by atoms with Gasteiger partial charge in [-0.3, -0.25) is 0 Å². The summed E-state index contributed by atoms with van der Waals surface area (Å²) in [5.74, 6) is 0.301. The Kier molecular flexibility index (Phi) is 7.41. The number of halogens is 3. The molecule has 0 saturated carbocycles. The van der Waals surface area contributed by atoms with Crippen molar-refractivity contribution < 1.29 is 27.4 Å². The first kappa shape index (κ1) is 25.0. The molecule has 0 aliphatic carbocycles. The number of morpholine rings is 1. The first-order valence-electron chi connectivity index (χ1n) is 10.3. The number of nitriles is 1. The number of alkyl halides is 3. The van der Waals surface area contributed by atoms with Gasteiger partial charge >= 0.3 is 12.3 Å². The second kappa shape index (κ2) is 10.1. The van der Waals surface area contributed by atoms with Gasteiger partial charge in [0.1, 0.15) is 23.3 Å². The molecular formula is C21H24F3N7O3. The summed E-state index contributed by atoms with van der Waals surface area (Å²) < 4.78 is 51.6. The van der Waals surface area contributed by atoms with Crippen LogP contribution in [-0.4, -0.2) is 63.9 Å². The van der Waals surface area contributed by atoms with Crippen molar-refractivity contribution in [2.75, 3.05) is 36.9 Å². The standard InChI is InChI=1S/C21H24F3N7O3/c1-20(2,3)34-19(32)31-4-5-33-14(12-31)9-27-16-6-17(29-10-15(16)21(22,23)24)30-18-11-26-13(7-25)8-28-18/h6,8,10-11,14H,4-5,9,12H2,1-3H3,(H2,27,28,29,30)/t14-/m1/s1. The zero-order chi connectivity index (χ0) is 24.9. The van der Waals surface area contributed by atoms with Crippen LogP contribution in [0.2, 0.25) is 0 Å². The van der Waals surface area contributed by atoms with Gasteiger partial charge in [-0.2, -0.15) is 18.4 Å². The summed E-state index contributed by atoms with van der Waals surface area (Å²) in [6, 6.07) is 3.02. The summed E-state index contributed by atoms with van der Waals surface area (Å²) in [4.78, 5) is 25.4. The molecule has 0 bridgehead atoms. The molecule has 0 radical (unpaired) electrons. The molecule has 1 aliphatic heterocycles. The fraction of sp³-hybridized carbons (Fsp3) is 0.476. The van der Waals surface area contributed by atoms with Crippen LogP contribution in [0.3, 0.4) is 0 Å². The number of nitrogens with one attached hydrogen (secondary N) is 2. The molecule has 2 aromatic heterocycles. The van der Waals surface area contributed by atoms with Crippen LogP contribution in [0.4, 0.5) is 35.3 Å². The number of aromatic nitrogens is 3. The predicted molar refractivity (Wildman–Crippen MR) is 115 cm³/mol. The number of pyridine rings is 1. The van der Waals surface area contributed by atoms with Crippen LogP contribution in [-0.2, 0) is 15.7 Å². The van der Waals surface area contributed by atoms with Gasteiger partial charge < -0.3 is 25.0 Å². The molecule has 1 fully saturated rings. The highest BCUT2D eigenvalue weighted by molar-refractivity contribution is 5.68. The topological polar surface area (TPSA) is 125 Å². The molecule has 3 heterocycles. The maximum absolute atomic E-state index is 13.5. The molecule has 1 amide bonds. The van der Waals surface area contributed by atoms with Gasteiger partial charge in [0.05, 0.1) is 42.9 Å². The summed E-state index contributed by atoms with van der Waals surface area (Å²) in [6.45, 7) is 6.00. The lowest BCUT2D eigenvalue weighted by atomic mass is 10.2. The van der Waals surface area contributed by atoms with E-state index in [9.17, 15) is 18.0 Å². The van der Waals surface area contributed by atoms with Crippen molar-refractivity contribution in [1.29, 1.82) is 5.26 Å². The molecule has 1 atom stereocenters. The third kappa shape index (κ3) is 6.92. The Bertz CT molecular complexity index is 1050. The maximum atomic E-state index is 13.5. The first-order chi connectivity index (χ1) is 15.9. The van der Waals surface area contributed by atoms with Crippen molar-refractivity contribution in [2.45, 2.75) is 38.7 Å². The minimum atomic E-state index is -4.64. The molecule has 2 N–H and O–H groups in total. The lowest BCUT2D eigenvalue weighted by molar-refractivity contribution is -0.137. The Hall–Kier alpha value is -3.66. The number of rotatable bonds is 5. The van der Waals surface area contributed by atoms with E-state index in [0.29, 0.717) is 12.7 Å². The van der Waals surface area contributed by atoms with Crippen molar-refractivity contribution in [3.8, 4) is 6.07 Å². The van der Waals surface area contributed by atoms with Gasteiger partial charge in [-0.15, -0.1) is 0 Å². The summed E-state index contributed by atoms with van der Waals surface area (Å²) >= 11 is 0. The maximum Gasteiger partial charge on any atom is 0.419 e. The number of nitrogens with zero attached hydrogens (tertiary/aromatic N) is 5. The largest absolute Gasteiger partial charge is 0.444 e. The van der Waals surface area contributed by atoms with Gasteiger partial charge in [0.2, 0.25) is 0 Å². The average Bonchev–Trinajstić information content (AvgIpc) is 2.76. The fourth-order valence-corrected chi connectivity index (χ4v) is 3.04. The van der Waals surface area contributed by atoms with Crippen LogP contribution in [0.25, 0.3) is 0 Å². The van der Waals surface area contributed by atoms with Gasteiger partial charge in [-0.05, 0) is 20.8 Å². The Balaban J connectivity index is 1.71. The Morgan fingerprint density at radius 2 is 1.97 bits per heavy atom. The number of hydrogen-bond donors (Lipinski definition) is 2. The van der Waals surface area contributed by atoms with E-state index in [-0.39, 0.29) is 42.7 Å². The highest BCUT2D eigenvalue weighted by Gasteiger charge is 2.35. The highest BCUT2D eigenvalue weighted by atomic mass is 19.4. The SMILES string of the molecule is CC(C)(C)OC(=O)N1CCO[C@H](CNc2cc(Nc3cnc(C#N)cn3)ncc2C(F)(F)F)C1. The quantitative estimate of drug-likeness (QED) is 0.662. The molecule has 10 nitrogen and oxygen atoms in total. The zero-order valence-corrected chi connectivity index (χ0v) is 18.8. The third-order valence-electron chi connectivity index (χ3n) is 4.54. The van der Waals surface area contributed by atoms with Gasteiger partial charge in [-0.1, -0.05) is 0 Å². The van der Waals surface area contributed by atoms with Crippen LogP contribution in [0.5, 0.6) is 0 Å². The van der Waals surface area contributed by atoms with E-state index in [0.717, 1.165) is 0 Å². The van der Waals surface area contributed by atoms with Crippen molar-refractivity contribution in [2.24, 2.45) is 0 Å². The van der Waals surface area contributed by atoms with Gasteiger partial charge in [0.15, 0.2) is 5.69 Å². The van der Waals surface area contributed by atoms with Crippen molar-refractivity contribution in [3.05, 3.63) is 35.9 Å². The molecule has 34 heavy (non-hydrogen) atoms. The summed E-state index contributed by atoms with van der Waals surface area (Å²) in [5, 5.41) is 14.3. The van der Waals surface area contributed by atoms with E-state index >= 15 is 0 Å². The lowest BCUT2D eigenvalue weighted by Gasteiger charge is -2.34. The van der Waals surface area contributed by atoms with E-state index in [1.54, 1.807) is 20.8 Å². The zero-order valence-electron chi connectivity index (χ0n) is 18.8. The highest BCUT2D eigenvalue weighted by Crippen LogP contribution is 2.35. The van der Waals surface area contributed by atoms with Crippen molar-refractivity contribution in [1.82, 2.24) is 19.9 Å². The summed E-state index contributed by atoms with van der Waals surface area (Å²) in [6.07, 6.45) is -2.49. The van der Waals surface area contributed by atoms with E-state index in [2.05, 4.69) is 25.6 Å². The van der Waals surface area contributed by atoms with E-state index in [1.165, 1.54) is 23.4 Å². The molecule has 1 saturated heterocycles. The molecule has 182 valence electrons. The third-order valence-corrected chi connectivity index (χ3v) is 4.54. The monoisotopic (exact) mass is 479 g/mol. The van der Waals surface area contributed by atoms with Gasteiger partial charge in [0, 0.05) is 25.4 Å². The molecular weight excluding hydrogens is 455 g/mol. The van der Waals surface area contributed by atoms with Crippen LogP contribution >= 0.6 is 0 Å². The number of ether oxygens (including phenoxy) is 2. The van der Waals surface area contributed by atoms with Gasteiger partial charge in [0.25, 0.3) is 0 Å². The molecule has 2 aromatic rings. The van der Waals surface area contributed by atoms with Crippen LogP contribution in [0, 0.1) is 11.3 Å². The van der Waals surface area contributed by atoms with E-state index in [1.807, 2.05) is 6.07 Å².